The normalized spacial score (nSPS) is 25.1. The second-order valence-electron chi connectivity index (χ2n) is 9.05. The third kappa shape index (κ3) is 3.54. The van der Waals surface area contributed by atoms with Gasteiger partial charge < -0.3 is 14.6 Å². The number of aromatic nitrogens is 1. The Hall–Kier alpha value is -2.59. The van der Waals surface area contributed by atoms with Crippen LogP contribution in [0, 0.1) is 5.92 Å². The van der Waals surface area contributed by atoms with Crippen molar-refractivity contribution in [1.82, 2.24) is 9.47 Å². The van der Waals surface area contributed by atoms with Gasteiger partial charge in [-0.1, -0.05) is 55.3 Å². The van der Waals surface area contributed by atoms with Gasteiger partial charge in [0.15, 0.2) is 0 Å². The van der Waals surface area contributed by atoms with Gasteiger partial charge in [-0.2, -0.15) is 0 Å². The van der Waals surface area contributed by atoms with Crippen LogP contribution in [0.3, 0.4) is 0 Å². The first-order chi connectivity index (χ1) is 14.6. The lowest BCUT2D eigenvalue weighted by molar-refractivity contribution is -0.143. The fraction of sp³-hybridized carbons (Fsp3) is 0.423. The Morgan fingerprint density at radius 3 is 2.70 bits per heavy atom. The minimum absolute atomic E-state index is 0.0363. The standard InChI is InChI=1S/C26H30N2O2/c29-25(28-17-14-26(30)13-4-3-10-21(26)19-28)18-24(27-15-5-6-16-27)23-12-7-9-20-8-1-2-11-22(20)23/h1-2,5-9,11-12,15-16,21,24,30H,3-4,10,13-14,17-19H2. The van der Waals surface area contributed by atoms with Crippen LogP contribution in [0.2, 0.25) is 0 Å². The molecule has 2 heterocycles. The first kappa shape index (κ1) is 19.4. The van der Waals surface area contributed by atoms with E-state index in [1.54, 1.807) is 0 Å². The van der Waals surface area contributed by atoms with Crippen LogP contribution in [0.25, 0.3) is 10.8 Å². The molecule has 1 aromatic heterocycles. The molecule has 2 fully saturated rings. The van der Waals surface area contributed by atoms with Gasteiger partial charge in [0, 0.05) is 31.4 Å². The molecule has 1 aliphatic carbocycles. The molecule has 2 aromatic carbocycles. The number of fused-ring (bicyclic) bond motifs is 2. The second kappa shape index (κ2) is 7.92. The number of carbonyl (C=O) groups excluding carboxylic acids is 1. The third-order valence-corrected chi connectivity index (χ3v) is 7.32. The fourth-order valence-corrected chi connectivity index (χ4v) is 5.56. The number of nitrogens with zero attached hydrogens (tertiary/aromatic N) is 2. The molecule has 1 saturated carbocycles. The molecule has 30 heavy (non-hydrogen) atoms. The SMILES string of the molecule is O=C(CC(c1cccc2ccccc12)n1cccc1)N1CCC2(O)CCCCC2C1. The van der Waals surface area contributed by atoms with Crippen molar-refractivity contribution < 1.29 is 9.90 Å². The van der Waals surface area contributed by atoms with Crippen LogP contribution in [-0.4, -0.2) is 39.2 Å². The number of hydrogen-bond donors (Lipinski definition) is 1. The van der Waals surface area contributed by atoms with Gasteiger partial charge in [0.1, 0.15) is 0 Å². The molecule has 0 bridgehead atoms. The molecule has 5 rings (SSSR count). The maximum Gasteiger partial charge on any atom is 0.225 e. The van der Waals surface area contributed by atoms with Crippen LogP contribution in [0.5, 0.6) is 0 Å². The molecule has 4 heteroatoms. The lowest BCUT2D eigenvalue weighted by atomic mass is 9.71. The van der Waals surface area contributed by atoms with Crippen molar-refractivity contribution in [3.63, 3.8) is 0 Å². The number of rotatable bonds is 4. The molecular weight excluding hydrogens is 372 g/mol. The molecule has 0 radical (unpaired) electrons. The van der Waals surface area contributed by atoms with Crippen LogP contribution < -0.4 is 0 Å². The third-order valence-electron chi connectivity index (χ3n) is 7.32. The summed E-state index contributed by atoms with van der Waals surface area (Å²) in [4.78, 5) is 15.4. The van der Waals surface area contributed by atoms with Crippen LogP contribution in [-0.2, 0) is 4.79 Å². The van der Waals surface area contributed by atoms with Crippen molar-refractivity contribution in [1.29, 1.82) is 0 Å². The topological polar surface area (TPSA) is 45.5 Å². The summed E-state index contributed by atoms with van der Waals surface area (Å²) in [6.07, 6.45) is 9.45. The Morgan fingerprint density at radius 2 is 1.83 bits per heavy atom. The maximum absolute atomic E-state index is 13.4. The van der Waals surface area contributed by atoms with E-state index < -0.39 is 5.60 Å². The van der Waals surface area contributed by atoms with E-state index in [1.807, 2.05) is 17.0 Å². The summed E-state index contributed by atoms with van der Waals surface area (Å²) >= 11 is 0. The van der Waals surface area contributed by atoms with Crippen LogP contribution in [0.15, 0.2) is 67.0 Å². The average Bonchev–Trinajstić information content (AvgIpc) is 3.31. The predicted molar refractivity (Wildman–Crippen MR) is 119 cm³/mol. The van der Waals surface area contributed by atoms with Gasteiger partial charge in [-0.3, -0.25) is 4.79 Å². The zero-order valence-electron chi connectivity index (χ0n) is 17.4. The van der Waals surface area contributed by atoms with Crippen molar-refractivity contribution in [2.24, 2.45) is 5.92 Å². The summed E-state index contributed by atoms with van der Waals surface area (Å²) in [6, 6.07) is 18.8. The van der Waals surface area contributed by atoms with Gasteiger partial charge in [-0.15, -0.1) is 0 Å². The smallest absolute Gasteiger partial charge is 0.225 e. The zero-order valence-corrected chi connectivity index (χ0v) is 17.4. The maximum atomic E-state index is 13.4. The summed E-state index contributed by atoms with van der Waals surface area (Å²) in [5.74, 6) is 0.417. The molecule has 4 nitrogen and oxygen atoms in total. The highest BCUT2D eigenvalue weighted by Gasteiger charge is 2.43. The van der Waals surface area contributed by atoms with Crippen molar-refractivity contribution in [2.75, 3.05) is 13.1 Å². The number of piperidine rings is 1. The minimum Gasteiger partial charge on any atom is -0.389 e. The summed E-state index contributed by atoms with van der Waals surface area (Å²) < 4.78 is 2.15. The second-order valence-corrected chi connectivity index (χ2v) is 9.05. The summed E-state index contributed by atoms with van der Waals surface area (Å²) in [5, 5.41) is 13.4. The van der Waals surface area contributed by atoms with Crippen LogP contribution in [0.1, 0.15) is 50.1 Å². The van der Waals surface area contributed by atoms with E-state index in [9.17, 15) is 9.90 Å². The Balaban J connectivity index is 1.42. The lowest BCUT2D eigenvalue weighted by Crippen LogP contribution is -2.54. The van der Waals surface area contributed by atoms with E-state index in [0.717, 1.165) is 25.7 Å². The molecule has 1 amide bonds. The van der Waals surface area contributed by atoms with Gasteiger partial charge in [-0.25, -0.2) is 0 Å². The zero-order chi connectivity index (χ0) is 20.6. The summed E-state index contributed by atoms with van der Waals surface area (Å²) in [7, 11) is 0. The lowest BCUT2D eigenvalue weighted by Gasteiger charge is -2.47. The number of hydrogen-bond acceptors (Lipinski definition) is 2. The van der Waals surface area contributed by atoms with Gasteiger partial charge >= 0.3 is 0 Å². The molecule has 3 aromatic rings. The van der Waals surface area contributed by atoms with E-state index >= 15 is 0 Å². The highest BCUT2D eigenvalue weighted by atomic mass is 16.3. The largest absolute Gasteiger partial charge is 0.389 e. The van der Waals surface area contributed by atoms with Gasteiger partial charge in [0.25, 0.3) is 0 Å². The van der Waals surface area contributed by atoms with E-state index in [0.29, 0.717) is 25.9 Å². The van der Waals surface area contributed by atoms with Gasteiger partial charge in [-0.05, 0) is 47.7 Å². The van der Waals surface area contributed by atoms with E-state index in [-0.39, 0.29) is 17.9 Å². The average molecular weight is 403 g/mol. The van der Waals surface area contributed by atoms with Crippen LogP contribution in [0.4, 0.5) is 0 Å². The minimum atomic E-state index is -0.551. The number of carbonyl (C=O) groups is 1. The molecule has 2 aliphatic rings. The molecule has 0 spiro atoms. The molecule has 1 saturated heterocycles. The van der Waals surface area contributed by atoms with Gasteiger partial charge in [0.2, 0.25) is 5.91 Å². The highest BCUT2D eigenvalue weighted by Crippen LogP contribution is 2.40. The van der Waals surface area contributed by atoms with Crippen molar-refractivity contribution >= 4 is 16.7 Å². The molecule has 1 aliphatic heterocycles. The van der Waals surface area contributed by atoms with E-state index in [2.05, 4.69) is 59.4 Å². The molecule has 156 valence electrons. The van der Waals surface area contributed by atoms with Crippen molar-refractivity contribution in [2.45, 2.75) is 50.2 Å². The molecule has 3 atom stereocenters. The Labute approximate surface area is 178 Å². The van der Waals surface area contributed by atoms with E-state index in [1.165, 1.54) is 16.3 Å². The monoisotopic (exact) mass is 402 g/mol. The highest BCUT2D eigenvalue weighted by molar-refractivity contribution is 5.87. The Bertz CT molecular complexity index is 1020. The number of benzene rings is 2. The number of aliphatic hydroxyl groups is 1. The molecule has 3 unspecified atom stereocenters. The quantitative estimate of drug-likeness (QED) is 0.683. The first-order valence-electron chi connectivity index (χ1n) is 11.2. The molecular formula is C26H30N2O2. The first-order valence-corrected chi connectivity index (χ1v) is 11.2. The predicted octanol–water partition coefficient (Wildman–Crippen LogP) is 4.77. The Morgan fingerprint density at radius 1 is 1.03 bits per heavy atom. The van der Waals surface area contributed by atoms with Crippen LogP contribution >= 0.6 is 0 Å². The van der Waals surface area contributed by atoms with Gasteiger partial charge in [0.05, 0.1) is 18.1 Å². The molecule has 1 N–H and O–H groups in total. The Kier molecular flexibility index (Phi) is 5.11. The fourth-order valence-electron chi connectivity index (χ4n) is 5.56. The van der Waals surface area contributed by atoms with Crippen molar-refractivity contribution in [3.05, 3.63) is 72.6 Å². The summed E-state index contributed by atoms with van der Waals surface area (Å²) in [6.45, 7) is 1.36. The number of amides is 1. The number of likely N-dealkylation sites (tertiary alicyclic amines) is 1. The summed E-state index contributed by atoms with van der Waals surface area (Å²) in [5.41, 5.74) is 0.633. The van der Waals surface area contributed by atoms with E-state index in [4.69, 9.17) is 0 Å². The van der Waals surface area contributed by atoms with Crippen molar-refractivity contribution in [3.8, 4) is 0 Å².